The van der Waals surface area contributed by atoms with Crippen LogP contribution < -0.4 is 0 Å². The number of aryl methyl sites for hydroxylation is 1. The number of ketones is 1. The van der Waals surface area contributed by atoms with Gasteiger partial charge in [-0.2, -0.15) is 0 Å². The predicted octanol–water partition coefficient (Wildman–Crippen LogP) is 3.44. The summed E-state index contributed by atoms with van der Waals surface area (Å²) in [7, 11) is 0. The number of pyridine rings is 1. The number of morpholine rings is 1. The molecule has 0 unspecified atom stereocenters. The van der Waals surface area contributed by atoms with E-state index < -0.39 is 17.7 Å². The molecule has 2 aliphatic rings. The summed E-state index contributed by atoms with van der Waals surface area (Å²) in [6, 6.07) is 11.8. The van der Waals surface area contributed by atoms with Gasteiger partial charge in [-0.05, 0) is 43.2 Å². The lowest BCUT2D eigenvalue weighted by molar-refractivity contribution is -0.140. The fraction of sp³-hybridized carbons (Fsp3) is 0.346. The number of carbonyl (C=O) groups excluding carboxylic acids is 2. The van der Waals surface area contributed by atoms with Crippen LogP contribution in [0, 0.1) is 6.92 Å². The molecule has 2 aliphatic heterocycles. The summed E-state index contributed by atoms with van der Waals surface area (Å²) in [6.45, 7) is 6.07. The van der Waals surface area contributed by atoms with Gasteiger partial charge in [0.25, 0.3) is 11.7 Å². The molecule has 1 aromatic carbocycles. The van der Waals surface area contributed by atoms with Crippen LogP contribution in [0.1, 0.15) is 29.4 Å². The number of benzene rings is 1. The van der Waals surface area contributed by atoms with E-state index in [9.17, 15) is 14.7 Å². The summed E-state index contributed by atoms with van der Waals surface area (Å²) in [5.74, 6) is -1.53. The Morgan fingerprint density at radius 1 is 1.11 bits per heavy atom. The number of ether oxygens (including phenoxy) is 1. The maximum atomic E-state index is 13.3. The molecule has 9 heteroatoms. The van der Waals surface area contributed by atoms with Crippen molar-refractivity contribution in [2.45, 2.75) is 19.4 Å². The quantitative estimate of drug-likeness (QED) is 0.321. The number of halogens is 1. The van der Waals surface area contributed by atoms with Gasteiger partial charge in [-0.3, -0.25) is 18.9 Å². The summed E-state index contributed by atoms with van der Waals surface area (Å²) < 4.78 is 7.14. The molecule has 4 heterocycles. The SMILES string of the molecule is Cc1nc2ccccn2c1/C(O)=C1\C(=O)C(=O)N(CCCN2CCOCC2)[C@@H]1c1ccc(Cl)cc1. The number of imidazole rings is 1. The minimum Gasteiger partial charge on any atom is -0.505 e. The first-order chi connectivity index (χ1) is 17.0. The molecule has 8 nitrogen and oxygen atoms in total. The van der Waals surface area contributed by atoms with Gasteiger partial charge < -0.3 is 14.7 Å². The monoisotopic (exact) mass is 494 g/mol. The highest BCUT2D eigenvalue weighted by Gasteiger charge is 2.46. The second-order valence-electron chi connectivity index (χ2n) is 8.83. The minimum absolute atomic E-state index is 0.0671. The second kappa shape index (κ2) is 9.81. The van der Waals surface area contributed by atoms with E-state index in [0.717, 1.165) is 19.6 Å². The van der Waals surface area contributed by atoms with E-state index in [2.05, 4.69) is 9.88 Å². The summed E-state index contributed by atoms with van der Waals surface area (Å²) in [5, 5.41) is 12.0. The molecule has 0 spiro atoms. The van der Waals surface area contributed by atoms with E-state index in [1.807, 2.05) is 18.2 Å². The number of hydrogen-bond donors (Lipinski definition) is 1. The smallest absolute Gasteiger partial charge is 0.295 e. The van der Waals surface area contributed by atoms with Crippen molar-refractivity contribution in [1.82, 2.24) is 19.2 Å². The highest BCUT2D eigenvalue weighted by Crippen LogP contribution is 2.40. The predicted molar refractivity (Wildman–Crippen MR) is 132 cm³/mol. The van der Waals surface area contributed by atoms with Crippen molar-refractivity contribution in [1.29, 1.82) is 0 Å². The van der Waals surface area contributed by atoms with Crippen molar-refractivity contribution < 1.29 is 19.4 Å². The number of amides is 1. The van der Waals surface area contributed by atoms with Crippen LogP contribution in [0.2, 0.25) is 5.02 Å². The van der Waals surface area contributed by atoms with Gasteiger partial charge in [0.15, 0.2) is 5.76 Å². The van der Waals surface area contributed by atoms with Crippen molar-refractivity contribution >= 4 is 34.7 Å². The van der Waals surface area contributed by atoms with Crippen molar-refractivity contribution in [2.75, 3.05) is 39.4 Å². The summed E-state index contributed by atoms with van der Waals surface area (Å²) in [4.78, 5) is 34.9. The molecule has 5 rings (SSSR count). The van der Waals surface area contributed by atoms with E-state index in [1.165, 1.54) is 0 Å². The van der Waals surface area contributed by atoms with Gasteiger partial charge in [-0.25, -0.2) is 4.98 Å². The fourth-order valence-electron chi connectivity index (χ4n) is 4.92. The van der Waals surface area contributed by atoms with Crippen LogP contribution in [-0.4, -0.2) is 75.4 Å². The fourth-order valence-corrected chi connectivity index (χ4v) is 5.04. The molecule has 0 aliphatic carbocycles. The molecule has 0 bridgehead atoms. The zero-order valence-electron chi connectivity index (χ0n) is 19.5. The van der Waals surface area contributed by atoms with Gasteiger partial charge in [0, 0.05) is 37.4 Å². The number of rotatable bonds is 6. The highest BCUT2D eigenvalue weighted by atomic mass is 35.5. The number of aliphatic hydroxyl groups is 1. The Kier molecular flexibility index (Phi) is 6.60. The first-order valence-corrected chi connectivity index (χ1v) is 12.1. The molecule has 2 aromatic heterocycles. The molecule has 0 saturated carbocycles. The number of likely N-dealkylation sites (tertiary alicyclic amines) is 1. The third kappa shape index (κ3) is 4.45. The molecule has 0 radical (unpaired) electrons. The van der Waals surface area contributed by atoms with E-state index in [4.69, 9.17) is 16.3 Å². The lowest BCUT2D eigenvalue weighted by Crippen LogP contribution is -2.38. The molecular weight excluding hydrogens is 468 g/mol. The molecule has 1 amide bonds. The normalized spacial score (nSPS) is 20.7. The van der Waals surface area contributed by atoms with Gasteiger partial charge in [0.05, 0.1) is 30.5 Å². The Hall–Kier alpha value is -3.20. The molecule has 1 N–H and O–H groups in total. The Balaban J connectivity index is 1.54. The van der Waals surface area contributed by atoms with Crippen LogP contribution in [0.25, 0.3) is 11.4 Å². The Bertz CT molecular complexity index is 1290. The van der Waals surface area contributed by atoms with Crippen molar-refractivity contribution in [3.8, 4) is 0 Å². The van der Waals surface area contributed by atoms with Gasteiger partial charge >= 0.3 is 0 Å². The molecule has 182 valence electrons. The maximum absolute atomic E-state index is 13.3. The van der Waals surface area contributed by atoms with Crippen LogP contribution in [-0.2, 0) is 14.3 Å². The Labute approximate surface area is 208 Å². The van der Waals surface area contributed by atoms with Gasteiger partial charge in [0.1, 0.15) is 11.3 Å². The molecule has 2 saturated heterocycles. The number of aliphatic hydroxyl groups excluding tert-OH is 1. The Morgan fingerprint density at radius 2 is 1.86 bits per heavy atom. The lowest BCUT2D eigenvalue weighted by Gasteiger charge is -2.29. The second-order valence-corrected chi connectivity index (χ2v) is 9.26. The average Bonchev–Trinajstić information content (AvgIpc) is 3.33. The van der Waals surface area contributed by atoms with Crippen LogP contribution >= 0.6 is 11.6 Å². The van der Waals surface area contributed by atoms with Crippen LogP contribution in [0.15, 0.2) is 54.2 Å². The lowest BCUT2D eigenvalue weighted by atomic mass is 9.96. The largest absolute Gasteiger partial charge is 0.505 e. The van der Waals surface area contributed by atoms with E-state index in [0.29, 0.717) is 53.8 Å². The van der Waals surface area contributed by atoms with Crippen LogP contribution in [0.5, 0.6) is 0 Å². The van der Waals surface area contributed by atoms with Crippen LogP contribution in [0.3, 0.4) is 0 Å². The topological polar surface area (TPSA) is 87.4 Å². The summed E-state index contributed by atoms with van der Waals surface area (Å²) >= 11 is 6.11. The first kappa shape index (κ1) is 23.5. The van der Waals surface area contributed by atoms with Crippen LogP contribution in [0.4, 0.5) is 0 Å². The zero-order chi connectivity index (χ0) is 24.5. The summed E-state index contributed by atoms with van der Waals surface area (Å²) in [5.41, 5.74) is 2.41. The van der Waals surface area contributed by atoms with Crippen molar-refractivity contribution in [3.63, 3.8) is 0 Å². The van der Waals surface area contributed by atoms with E-state index in [1.54, 1.807) is 46.7 Å². The maximum Gasteiger partial charge on any atom is 0.295 e. The zero-order valence-corrected chi connectivity index (χ0v) is 20.2. The van der Waals surface area contributed by atoms with Gasteiger partial charge in [-0.1, -0.05) is 29.8 Å². The first-order valence-electron chi connectivity index (χ1n) is 11.7. The minimum atomic E-state index is -0.717. The number of hydrogen-bond acceptors (Lipinski definition) is 6. The highest BCUT2D eigenvalue weighted by molar-refractivity contribution is 6.46. The molecule has 2 fully saturated rings. The number of nitrogens with zero attached hydrogens (tertiary/aromatic N) is 4. The molecule has 3 aromatic rings. The number of Topliss-reactive ketones (excluding diaryl/α,β-unsaturated/α-hetero) is 1. The number of fused-ring (bicyclic) bond motifs is 1. The molecule has 1 atom stereocenters. The Morgan fingerprint density at radius 3 is 2.60 bits per heavy atom. The average molecular weight is 495 g/mol. The number of aromatic nitrogens is 2. The van der Waals surface area contributed by atoms with E-state index in [-0.39, 0.29) is 11.3 Å². The van der Waals surface area contributed by atoms with Gasteiger partial charge in [-0.15, -0.1) is 0 Å². The molecular formula is C26H27ClN4O4. The van der Waals surface area contributed by atoms with Crippen molar-refractivity contribution in [3.05, 3.63) is 76.2 Å². The van der Waals surface area contributed by atoms with Crippen molar-refractivity contribution in [2.24, 2.45) is 0 Å². The van der Waals surface area contributed by atoms with Gasteiger partial charge in [0.2, 0.25) is 0 Å². The summed E-state index contributed by atoms with van der Waals surface area (Å²) in [6.07, 6.45) is 2.48. The number of carbonyl (C=O) groups is 2. The molecule has 35 heavy (non-hydrogen) atoms. The van der Waals surface area contributed by atoms with E-state index >= 15 is 0 Å². The third-order valence-electron chi connectivity index (χ3n) is 6.63. The standard InChI is InChI=1S/C26H27ClN4O4/c1-17-22(30-11-3-2-5-20(30)28-17)24(32)21-23(18-6-8-19(27)9-7-18)31(26(34)25(21)33)12-4-10-29-13-15-35-16-14-29/h2-3,5-9,11,23,32H,4,10,12-16H2,1H3/b24-21+/t23-/m1/s1. The third-order valence-corrected chi connectivity index (χ3v) is 6.88.